The summed E-state index contributed by atoms with van der Waals surface area (Å²) in [6.07, 6.45) is 1.95. The van der Waals surface area contributed by atoms with Gasteiger partial charge in [-0.05, 0) is 80.9 Å². The molecule has 1 fully saturated rings. The van der Waals surface area contributed by atoms with Gasteiger partial charge in [0, 0.05) is 13.2 Å². The summed E-state index contributed by atoms with van der Waals surface area (Å²) < 4.78 is 20.2. The summed E-state index contributed by atoms with van der Waals surface area (Å²) in [5, 5.41) is 33.9. The maximum absolute atomic E-state index is 12.1. The van der Waals surface area contributed by atoms with Gasteiger partial charge in [0.1, 0.15) is 5.92 Å². The molecule has 0 aromatic heterocycles. The van der Waals surface area contributed by atoms with E-state index in [0.717, 1.165) is 26.1 Å². The van der Waals surface area contributed by atoms with Crippen molar-refractivity contribution in [3.63, 3.8) is 0 Å². The molecule has 1 saturated heterocycles. The van der Waals surface area contributed by atoms with E-state index < -0.39 is 12.0 Å². The Hall–Kier alpha value is -2.16. The number of hydrogen-bond donors (Lipinski definition) is 5. The lowest BCUT2D eigenvalue weighted by Gasteiger charge is -2.30. The maximum Gasteiger partial charge on any atom is 0.258 e. The number of amides is 2. The highest BCUT2D eigenvalue weighted by Crippen LogP contribution is 2.23. The van der Waals surface area contributed by atoms with Crippen LogP contribution in [0.5, 0.6) is 0 Å². The fraction of sp³-hybridized carbons (Fsp3) is 0.765. The predicted octanol–water partition coefficient (Wildman–Crippen LogP) is 3.88. The minimum Gasteiger partial charge on any atom is -0.394 e. The summed E-state index contributed by atoms with van der Waals surface area (Å²) in [6.45, 7) is 23.2. The molecule has 12 heteroatoms. The van der Waals surface area contributed by atoms with Crippen molar-refractivity contribution in [3.8, 4) is 0 Å². The first kappa shape index (κ1) is 48.2. The average Bonchev–Trinajstić information content (AvgIpc) is 3.26. The van der Waals surface area contributed by atoms with Gasteiger partial charge in [0.2, 0.25) is 0 Å². The standard InChI is InChI=1S/C13H16N2O2.C8H18O.C6H14O4.C4H10O.C3H8O2/c1-2-3-9-11-12(16)14-15(13(11)17)10-7-5-4-6-8-10;1-7(2,3)9-8(4,5)6;7-1-3-9-5-6-10-4-2-8;1-3-5-4-2;1-3(5)2-4/h4-8,11H,2-3,9H2,1H3,(H,14,16);1-6H3;7-8H,1-6H2;3-4H2,1-2H3;3-5H,2H2,1H3. The van der Waals surface area contributed by atoms with Crippen molar-refractivity contribution in [1.29, 1.82) is 0 Å². The summed E-state index contributed by atoms with van der Waals surface area (Å²) in [6, 6.07) is 9.17. The van der Waals surface area contributed by atoms with Crippen LogP contribution in [0.15, 0.2) is 30.3 Å². The number of para-hydroxylation sites is 1. The number of hydrogen-bond acceptors (Lipinski definition) is 10. The van der Waals surface area contributed by atoms with E-state index in [1.807, 2.05) is 39.0 Å². The minimum absolute atomic E-state index is 0.0156. The molecule has 1 aromatic carbocycles. The largest absolute Gasteiger partial charge is 0.394 e. The highest BCUT2D eigenvalue weighted by molar-refractivity contribution is 6.14. The van der Waals surface area contributed by atoms with Gasteiger partial charge in [0.25, 0.3) is 11.8 Å². The van der Waals surface area contributed by atoms with E-state index in [1.165, 1.54) is 11.9 Å². The molecule has 5 N–H and O–H groups in total. The second-order valence-electron chi connectivity index (χ2n) is 12.0. The number of nitrogens with one attached hydrogen (secondary N) is 1. The van der Waals surface area contributed by atoms with E-state index in [2.05, 4.69) is 47.0 Å². The third-order valence-electron chi connectivity index (χ3n) is 5.05. The van der Waals surface area contributed by atoms with E-state index in [4.69, 9.17) is 39.4 Å². The van der Waals surface area contributed by atoms with Crippen LogP contribution in [0.4, 0.5) is 5.69 Å². The summed E-state index contributed by atoms with van der Waals surface area (Å²) in [7, 11) is 0. The zero-order valence-corrected chi connectivity index (χ0v) is 30.2. The van der Waals surface area contributed by atoms with Gasteiger partial charge in [-0.2, -0.15) is 0 Å². The summed E-state index contributed by atoms with van der Waals surface area (Å²) in [5.74, 6) is -0.850. The van der Waals surface area contributed by atoms with Crippen molar-refractivity contribution in [2.45, 2.75) is 106 Å². The number of aliphatic hydroxyl groups is 4. The van der Waals surface area contributed by atoms with Gasteiger partial charge in [0.05, 0.1) is 69.2 Å². The molecule has 2 unspecified atom stereocenters. The molecule has 1 aliphatic rings. The number of unbranched alkanes of at least 4 members (excludes halogenated alkanes) is 1. The molecule has 0 spiro atoms. The summed E-state index contributed by atoms with van der Waals surface area (Å²) in [4.78, 5) is 23.8. The molecule has 0 saturated carbocycles. The first-order valence-electron chi connectivity index (χ1n) is 16.2. The lowest BCUT2D eigenvalue weighted by Crippen LogP contribution is -2.35. The van der Waals surface area contributed by atoms with E-state index in [9.17, 15) is 9.59 Å². The van der Waals surface area contributed by atoms with Crippen molar-refractivity contribution in [3.05, 3.63) is 30.3 Å². The number of anilines is 1. The van der Waals surface area contributed by atoms with Crippen molar-refractivity contribution in [1.82, 2.24) is 5.43 Å². The Kier molecular flexibility index (Phi) is 31.7. The number of nitrogens with zero attached hydrogens (tertiary/aromatic N) is 1. The first-order chi connectivity index (χ1) is 21.5. The Balaban J connectivity index is -0.000000551. The number of hydrazine groups is 1. The molecule has 12 nitrogen and oxygen atoms in total. The molecule has 0 radical (unpaired) electrons. The third-order valence-corrected chi connectivity index (χ3v) is 5.05. The van der Waals surface area contributed by atoms with Crippen LogP contribution in [0.3, 0.4) is 0 Å². The van der Waals surface area contributed by atoms with Gasteiger partial charge in [0.15, 0.2) is 0 Å². The van der Waals surface area contributed by atoms with Crippen LogP contribution in [-0.4, -0.2) is 109 Å². The number of rotatable bonds is 14. The van der Waals surface area contributed by atoms with E-state index in [0.29, 0.717) is 38.5 Å². The summed E-state index contributed by atoms with van der Waals surface area (Å²) >= 11 is 0. The maximum atomic E-state index is 12.1. The molecule has 0 bridgehead atoms. The number of carbonyl (C=O) groups is 2. The van der Waals surface area contributed by atoms with Crippen LogP contribution >= 0.6 is 0 Å². The predicted molar refractivity (Wildman–Crippen MR) is 182 cm³/mol. The Morgan fingerprint density at radius 1 is 0.804 bits per heavy atom. The number of ether oxygens (including phenoxy) is 4. The monoisotopic (exact) mass is 662 g/mol. The molecule has 0 aliphatic carbocycles. The highest BCUT2D eigenvalue weighted by Gasteiger charge is 2.39. The van der Waals surface area contributed by atoms with Gasteiger partial charge < -0.3 is 39.4 Å². The second-order valence-corrected chi connectivity index (χ2v) is 12.0. The highest BCUT2D eigenvalue weighted by atomic mass is 16.5. The van der Waals surface area contributed by atoms with Crippen molar-refractivity contribution in [2.24, 2.45) is 5.92 Å². The van der Waals surface area contributed by atoms with Gasteiger partial charge in [-0.1, -0.05) is 38.0 Å². The molecule has 1 aliphatic heterocycles. The first-order valence-corrected chi connectivity index (χ1v) is 16.2. The zero-order valence-electron chi connectivity index (χ0n) is 30.2. The van der Waals surface area contributed by atoms with Crippen LogP contribution in [-0.2, 0) is 28.5 Å². The second kappa shape index (κ2) is 30.2. The normalized spacial score (nSPS) is 14.7. The van der Waals surface area contributed by atoms with Crippen molar-refractivity contribution >= 4 is 17.5 Å². The van der Waals surface area contributed by atoms with E-state index in [1.54, 1.807) is 12.1 Å². The molecule has 2 amide bonds. The Labute approximate surface area is 278 Å². The molecule has 1 heterocycles. The molecule has 2 atom stereocenters. The van der Waals surface area contributed by atoms with Crippen molar-refractivity contribution < 1.29 is 49.0 Å². The van der Waals surface area contributed by atoms with Crippen LogP contribution in [0.1, 0.15) is 88.5 Å². The number of aliphatic hydroxyl groups excluding tert-OH is 4. The van der Waals surface area contributed by atoms with Crippen LogP contribution in [0, 0.1) is 5.92 Å². The number of benzene rings is 1. The number of carbonyl (C=O) groups excluding carboxylic acids is 2. The van der Waals surface area contributed by atoms with Gasteiger partial charge >= 0.3 is 0 Å². The minimum atomic E-state index is -0.560. The Morgan fingerprint density at radius 3 is 1.57 bits per heavy atom. The molecule has 2 rings (SSSR count). The fourth-order valence-corrected chi connectivity index (χ4v) is 3.52. The third kappa shape index (κ3) is 31.8. The smallest absolute Gasteiger partial charge is 0.258 e. The zero-order chi connectivity index (χ0) is 36.0. The van der Waals surface area contributed by atoms with Gasteiger partial charge in [-0.25, -0.2) is 5.01 Å². The van der Waals surface area contributed by atoms with E-state index in [-0.39, 0.29) is 42.8 Å². The Bertz CT molecular complexity index is 805. The van der Waals surface area contributed by atoms with E-state index >= 15 is 0 Å². The summed E-state index contributed by atoms with van der Waals surface area (Å²) in [5.41, 5.74) is 3.31. The molecular weight excluding hydrogens is 596 g/mol. The molecule has 1 aromatic rings. The average molecular weight is 663 g/mol. The lowest BCUT2D eigenvalue weighted by molar-refractivity contribution is -0.127. The van der Waals surface area contributed by atoms with Crippen LogP contribution in [0.2, 0.25) is 0 Å². The Morgan fingerprint density at radius 2 is 1.26 bits per heavy atom. The molecule has 46 heavy (non-hydrogen) atoms. The van der Waals surface area contributed by atoms with Crippen LogP contribution < -0.4 is 10.4 Å². The quantitative estimate of drug-likeness (QED) is 0.146. The fourth-order valence-electron chi connectivity index (χ4n) is 3.52. The van der Waals surface area contributed by atoms with Crippen LogP contribution in [0.25, 0.3) is 0 Å². The molecule has 272 valence electrons. The SMILES string of the molecule is CC(C)(C)OC(C)(C)C.CC(O)CO.CCCCC1C(=O)NN(c2ccccc2)C1=O.CCOCC.OCCOCCOCCO. The molecular formula is C34H66N2O10. The lowest BCUT2D eigenvalue weighted by atomic mass is 10.0. The van der Waals surface area contributed by atoms with Gasteiger partial charge in [-0.15, -0.1) is 0 Å². The topological polar surface area (TPSA) is 167 Å². The van der Waals surface area contributed by atoms with Crippen molar-refractivity contribution in [2.75, 3.05) is 64.5 Å². The van der Waals surface area contributed by atoms with Gasteiger partial charge in [-0.3, -0.25) is 15.0 Å².